The summed E-state index contributed by atoms with van der Waals surface area (Å²) in [5.74, 6) is 3.10. The number of allylic oxidation sites excluding steroid dienone is 4. The zero-order valence-electron chi connectivity index (χ0n) is 13.6. The van der Waals surface area contributed by atoms with E-state index in [4.69, 9.17) is 0 Å². The van der Waals surface area contributed by atoms with Crippen molar-refractivity contribution in [3.63, 3.8) is 0 Å². The predicted molar refractivity (Wildman–Crippen MR) is 85.9 cm³/mol. The fourth-order valence-electron chi connectivity index (χ4n) is 6.26. The monoisotopic (exact) mass is 284 g/mol. The van der Waals surface area contributed by atoms with Crippen molar-refractivity contribution in [3.8, 4) is 0 Å². The molecule has 0 radical (unpaired) electrons. The second kappa shape index (κ2) is 4.83. The lowest BCUT2D eigenvalue weighted by Crippen LogP contribution is -2.43. The molecule has 0 saturated heterocycles. The van der Waals surface area contributed by atoms with Gasteiger partial charge in [0.05, 0.1) is 0 Å². The maximum atomic E-state index is 11.8. The van der Waals surface area contributed by atoms with Crippen LogP contribution in [-0.4, -0.2) is 5.78 Å². The minimum atomic E-state index is 0.489. The van der Waals surface area contributed by atoms with E-state index in [2.05, 4.69) is 19.9 Å². The molecule has 21 heavy (non-hydrogen) atoms. The molecule has 4 rings (SSSR count). The first-order valence-electron chi connectivity index (χ1n) is 9.05. The maximum Gasteiger partial charge on any atom is 0.137 e. The molecule has 0 aromatic heterocycles. The summed E-state index contributed by atoms with van der Waals surface area (Å²) in [5.41, 5.74) is 5.53. The summed E-state index contributed by atoms with van der Waals surface area (Å²) in [6.45, 7) is 4.88. The minimum absolute atomic E-state index is 0.489. The Morgan fingerprint density at radius 3 is 2.90 bits per heavy atom. The van der Waals surface area contributed by atoms with Gasteiger partial charge in [0.15, 0.2) is 0 Å². The molecule has 0 bridgehead atoms. The highest BCUT2D eigenvalue weighted by Gasteiger charge is 2.51. The Morgan fingerprint density at radius 1 is 1.24 bits per heavy atom. The molecule has 1 heteroatoms. The van der Waals surface area contributed by atoms with E-state index in [1.54, 1.807) is 16.7 Å². The van der Waals surface area contributed by atoms with Crippen molar-refractivity contribution in [1.82, 2.24) is 0 Å². The average molecular weight is 284 g/mol. The van der Waals surface area contributed by atoms with Crippen molar-refractivity contribution in [2.24, 2.45) is 23.2 Å². The molecule has 0 aliphatic heterocycles. The first-order chi connectivity index (χ1) is 10.1. The number of rotatable bonds is 1. The van der Waals surface area contributed by atoms with Crippen LogP contribution in [0.1, 0.15) is 71.6 Å². The van der Waals surface area contributed by atoms with Gasteiger partial charge in [-0.1, -0.05) is 36.6 Å². The zero-order valence-corrected chi connectivity index (χ0v) is 13.6. The number of ketones is 1. The number of hydrogen-bond acceptors (Lipinski definition) is 1. The summed E-state index contributed by atoms with van der Waals surface area (Å²) in [7, 11) is 0. The molecule has 0 unspecified atom stereocenters. The van der Waals surface area contributed by atoms with Crippen LogP contribution in [0.4, 0.5) is 0 Å². The fraction of sp³-hybridized carbons (Fsp3) is 0.750. The predicted octanol–water partition coefficient (Wildman–Crippen LogP) is 5.22. The van der Waals surface area contributed by atoms with Crippen LogP contribution >= 0.6 is 0 Å². The Labute approximate surface area is 128 Å². The molecule has 4 atom stereocenters. The lowest BCUT2D eigenvalue weighted by atomic mass is 9.53. The normalized spacial score (nSPS) is 42.3. The van der Waals surface area contributed by atoms with E-state index in [9.17, 15) is 4.79 Å². The Hall–Kier alpha value is -0.850. The van der Waals surface area contributed by atoms with E-state index in [0.29, 0.717) is 11.2 Å². The van der Waals surface area contributed by atoms with E-state index >= 15 is 0 Å². The molecule has 4 aliphatic carbocycles. The van der Waals surface area contributed by atoms with Crippen molar-refractivity contribution < 1.29 is 4.79 Å². The maximum absolute atomic E-state index is 11.8. The number of fused-ring (bicyclic) bond motifs is 4. The molecule has 0 amide bonds. The highest BCUT2D eigenvalue weighted by molar-refractivity contribution is 5.82. The quantitative estimate of drug-likeness (QED) is 0.603. The standard InChI is InChI=1S/C20H28O/c1-3-14-5-9-19-18-7-4-13-12-15(21)6-8-16(13)17(18)10-11-20(14,19)2/h5,17-19H,3-4,6-12H2,1-2H3/t17-,18-,19+,20-/m1/s1. The van der Waals surface area contributed by atoms with Crippen LogP contribution in [0, 0.1) is 23.2 Å². The van der Waals surface area contributed by atoms with Crippen molar-refractivity contribution >= 4 is 5.78 Å². The summed E-state index contributed by atoms with van der Waals surface area (Å²) >= 11 is 0. The van der Waals surface area contributed by atoms with Crippen LogP contribution in [0.25, 0.3) is 0 Å². The Morgan fingerprint density at radius 2 is 2.10 bits per heavy atom. The van der Waals surface area contributed by atoms with Crippen molar-refractivity contribution in [1.29, 1.82) is 0 Å². The third-order valence-corrected chi connectivity index (χ3v) is 7.32. The average Bonchev–Trinajstić information content (AvgIpc) is 2.83. The van der Waals surface area contributed by atoms with Crippen LogP contribution in [-0.2, 0) is 4.79 Å². The molecular weight excluding hydrogens is 256 g/mol. The molecule has 114 valence electrons. The smallest absolute Gasteiger partial charge is 0.137 e. The van der Waals surface area contributed by atoms with Gasteiger partial charge in [-0.15, -0.1) is 0 Å². The molecule has 1 saturated carbocycles. The fourth-order valence-corrected chi connectivity index (χ4v) is 6.26. The molecule has 4 aliphatic rings. The topological polar surface area (TPSA) is 17.1 Å². The zero-order chi connectivity index (χ0) is 14.6. The van der Waals surface area contributed by atoms with Gasteiger partial charge in [0, 0.05) is 12.8 Å². The third kappa shape index (κ3) is 1.92. The largest absolute Gasteiger partial charge is 0.299 e. The summed E-state index contributed by atoms with van der Waals surface area (Å²) in [5, 5.41) is 0. The van der Waals surface area contributed by atoms with Gasteiger partial charge in [-0.25, -0.2) is 0 Å². The molecule has 0 aromatic rings. The van der Waals surface area contributed by atoms with Crippen LogP contribution in [0.2, 0.25) is 0 Å². The van der Waals surface area contributed by atoms with E-state index < -0.39 is 0 Å². The van der Waals surface area contributed by atoms with Gasteiger partial charge in [-0.2, -0.15) is 0 Å². The van der Waals surface area contributed by atoms with Gasteiger partial charge in [0.2, 0.25) is 0 Å². The molecular formula is C20H28O. The first-order valence-corrected chi connectivity index (χ1v) is 9.05. The Kier molecular flexibility index (Phi) is 3.17. The van der Waals surface area contributed by atoms with Crippen LogP contribution < -0.4 is 0 Å². The molecule has 0 heterocycles. The van der Waals surface area contributed by atoms with Crippen LogP contribution in [0.5, 0.6) is 0 Å². The summed E-state index contributed by atoms with van der Waals surface area (Å²) < 4.78 is 0. The number of hydrogen-bond donors (Lipinski definition) is 0. The first kappa shape index (κ1) is 13.8. The molecule has 0 aromatic carbocycles. The lowest BCUT2D eigenvalue weighted by molar-refractivity contribution is -0.119. The van der Waals surface area contributed by atoms with Gasteiger partial charge < -0.3 is 0 Å². The highest BCUT2D eigenvalue weighted by Crippen LogP contribution is 2.61. The number of Topliss-reactive ketones (excluding diaryl/α,β-unsaturated/α-hetero) is 1. The van der Waals surface area contributed by atoms with E-state index in [1.165, 1.54) is 38.5 Å². The minimum Gasteiger partial charge on any atom is -0.299 e. The van der Waals surface area contributed by atoms with Gasteiger partial charge in [0.1, 0.15) is 5.78 Å². The third-order valence-electron chi connectivity index (χ3n) is 7.32. The van der Waals surface area contributed by atoms with Gasteiger partial charge in [0.25, 0.3) is 0 Å². The van der Waals surface area contributed by atoms with Gasteiger partial charge in [-0.3, -0.25) is 4.79 Å². The van der Waals surface area contributed by atoms with Crippen molar-refractivity contribution in [2.45, 2.75) is 71.6 Å². The Balaban J connectivity index is 1.64. The number of carbonyl (C=O) groups is 1. The van der Waals surface area contributed by atoms with E-state index in [-0.39, 0.29) is 0 Å². The van der Waals surface area contributed by atoms with Crippen LogP contribution in [0.3, 0.4) is 0 Å². The summed E-state index contributed by atoms with van der Waals surface area (Å²) in [4.78, 5) is 11.8. The second-order valence-corrected chi connectivity index (χ2v) is 8.03. The second-order valence-electron chi connectivity index (χ2n) is 8.03. The van der Waals surface area contributed by atoms with Gasteiger partial charge >= 0.3 is 0 Å². The number of carbonyl (C=O) groups excluding carboxylic acids is 1. The molecule has 1 nitrogen and oxygen atoms in total. The van der Waals surface area contributed by atoms with Gasteiger partial charge in [-0.05, 0) is 68.1 Å². The molecule has 1 fully saturated rings. The van der Waals surface area contributed by atoms with E-state index in [0.717, 1.165) is 37.0 Å². The SMILES string of the molecule is CCC1=CC[C@H]2[C@@H]3CCC4=C(CCC(=O)C4)[C@H]3CC[C@]12C. The highest BCUT2D eigenvalue weighted by atomic mass is 16.1. The van der Waals surface area contributed by atoms with Crippen LogP contribution in [0.15, 0.2) is 22.8 Å². The summed E-state index contributed by atoms with van der Waals surface area (Å²) in [6.07, 6.45) is 13.2. The Bertz CT molecular complexity index is 538. The van der Waals surface area contributed by atoms with Crippen molar-refractivity contribution in [2.75, 3.05) is 0 Å². The lowest BCUT2D eigenvalue weighted by Gasteiger charge is -2.51. The summed E-state index contributed by atoms with van der Waals surface area (Å²) in [6, 6.07) is 0. The molecule has 0 spiro atoms. The van der Waals surface area contributed by atoms with Crippen molar-refractivity contribution in [3.05, 3.63) is 22.8 Å². The van der Waals surface area contributed by atoms with E-state index in [1.807, 2.05) is 0 Å². The molecule has 0 N–H and O–H groups in total.